The maximum Gasteiger partial charge on any atom is 0.0947 e. The van der Waals surface area contributed by atoms with Crippen LogP contribution in [-0.4, -0.2) is 0 Å². The van der Waals surface area contributed by atoms with E-state index in [9.17, 15) is 0 Å². The lowest BCUT2D eigenvalue weighted by molar-refractivity contribution is 0.264. The predicted molar refractivity (Wildman–Crippen MR) is 41.2 cm³/mol. The van der Waals surface area contributed by atoms with Crippen LogP contribution < -0.4 is 0 Å². The quantitative estimate of drug-likeness (QED) is 0.436. The Kier molecular flexibility index (Phi) is 1.74. The third-order valence-corrected chi connectivity index (χ3v) is 2.24. The lowest BCUT2D eigenvalue weighted by Gasteiger charge is -2.26. The van der Waals surface area contributed by atoms with Gasteiger partial charge in [-0.25, -0.2) is 0 Å². The number of hydrogen-bond acceptors (Lipinski definition) is 0. The highest BCUT2D eigenvalue weighted by atomic mass is 14.3. The van der Waals surface area contributed by atoms with Crippen LogP contribution in [0.25, 0.3) is 0 Å². The molecule has 1 fully saturated rings. The van der Waals surface area contributed by atoms with Crippen LogP contribution >= 0.6 is 0 Å². The molecular formula is C9H17+. The summed E-state index contributed by atoms with van der Waals surface area (Å²) in [6.45, 7) is 7.03. The first-order chi connectivity index (χ1) is 4.10. The van der Waals surface area contributed by atoms with Crippen molar-refractivity contribution in [2.75, 3.05) is 0 Å². The van der Waals surface area contributed by atoms with Gasteiger partial charge >= 0.3 is 0 Å². The molecule has 0 saturated heterocycles. The van der Waals surface area contributed by atoms with E-state index < -0.39 is 0 Å². The third-order valence-electron chi connectivity index (χ3n) is 2.24. The van der Waals surface area contributed by atoms with Gasteiger partial charge in [0, 0.05) is 5.41 Å². The van der Waals surface area contributed by atoms with Gasteiger partial charge in [-0.2, -0.15) is 0 Å². The standard InChI is InChI=1S/C9H17/c1-8-5-4-6-9(2,3)7-8/h4-7H2,1-3H3/q+1. The largest absolute Gasteiger partial charge is 0.0947 e. The normalized spacial score (nSPS) is 26.3. The van der Waals surface area contributed by atoms with Gasteiger partial charge in [0.2, 0.25) is 0 Å². The number of hydrogen-bond donors (Lipinski definition) is 0. The van der Waals surface area contributed by atoms with Crippen molar-refractivity contribution in [2.45, 2.75) is 46.5 Å². The molecule has 0 spiro atoms. The van der Waals surface area contributed by atoms with Gasteiger partial charge in [-0.1, -0.05) is 13.8 Å². The second-order valence-corrected chi connectivity index (χ2v) is 4.15. The van der Waals surface area contributed by atoms with E-state index in [1.807, 2.05) is 0 Å². The summed E-state index contributed by atoms with van der Waals surface area (Å²) >= 11 is 0. The SMILES string of the molecule is C[C+]1CCCC(C)(C)C1. The summed E-state index contributed by atoms with van der Waals surface area (Å²) in [5.74, 6) is 1.70. The molecule has 52 valence electrons. The Balaban J connectivity index is 2.41. The Bertz CT molecular complexity index is 92.2. The molecule has 0 heterocycles. The van der Waals surface area contributed by atoms with Gasteiger partial charge in [0.25, 0.3) is 0 Å². The van der Waals surface area contributed by atoms with Crippen molar-refractivity contribution < 1.29 is 0 Å². The lowest BCUT2D eigenvalue weighted by Crippen LogP contribution is -2.19. The van der Waals surface area contributed by atoms with Crippen molar-refractivity contribution in [1.82, 2.24) is 0 Å². The van der Waals surface area contributed by atoms with E-state index in [1.54, 1.807) is 5.92 Å². The molecule has 0 aromatic heterocycles. The summed E-state index contributed by atoms with van der Waals surface area (Å²) in [4.78, 5) is 0. The second kappa shape index (κ2) is 2.24. The average Bonchev–Trinajstić information content (AvgIpc) is 1.60. The van der Waals surface area contributed by atoms with Crippen molar-refractivity contribution in [1.29, 1.82) is 0 Å². The van der Waals surface area contributed by atoms with E-state index in [2.05, 4.69) is 20.8 Å². The number of rotatable bonds is 0. The maximum absolute atomic E-state index is 2.37. The zero-order valence-corrected chi connectivity index (χ0v) is 6.83. The van der Waals surface area contributed by atoms with Gasteiger partial charge in [-0.3, -0.25) is 0 Å². The van der Waals surface area contributed by atoms with Crippen molar-refractivity contribution in [3.05, 3.63) is 5.92 Å². The minimum Gasteiger partial charge on any atom is -0.0558 e. The van der Waals surface area contributed by atoms with Crippen LogP contribution in [0.3, 0.4) is 0 Å². The van der Waals surface area contributed by atoms with E-state index in [4.69, 9.17) is 0 Å². The summed E-state index contributed by atoms with van der Waals surface area (Å²) < 4.78 is 0. The highest BCUT2D eigenvalue weighted by molar-refractivity contribution is 4.94. The molecule has 0 bridgehead atoms. The van der Waals surface area contributed by atoms with Gasteiger partial charge in [-0.15, -0.1) is 0 Å². The maximum atomic E-state index is 2.37. The molecule has 0 atom stereocenters. The van der Waals surface area contributed by atoms with E-state index in [0.29, 0.717) is 5.41 Å². The molecular weight excluding hydrogens is 108 g/mol. The lowest BCUT2D eigenvalue weighted by atomic mass is 9.73. The van der Waals surface area contributed by atoms with Gasteiger partial charge in [0.05, 0.1) is 25.7 Å². The summed E-state index contributed by atoms with van der Waals surface area (Å²) in [5.41, 5.74) is 0.613. The Morgan fingerprint density at radius 2 is 2.00 bits per heavy atom. The van der Waals surface area contributed by atoms with Gasteiger partial charge < -0.3 is 0 Å². The summed E-state index contributed by atoms with van der Waals surface area (Å²) in [5, 5.41) is 0. The van der Waals surface area contributed by atoms with Crippen LogP contribution in [0, 0.1) is 11.3 Å². The molecule has 0 aromatic carbocycles. The Labute approximate surface area is 58.7 Å². The van der Waals surface area contributed by atoms with Crippen molar-refractivity contribution >= 4 is 0 Å². The fourth-order valence-electron chi connectivity index (χ4n) is 1.86. The van der Waals surface area contributed by atoms with E-state index in [-0.39, 0.29) is 0 Å². The molecule has 1 rings (SSSR count). The topological polar surface area (TPSA) is 0 Å². The molecule has 0 amide bonds. The summed E-state index contributed by atoms with van der Waals surface area (Å²) in [6.07, 6.45) is 5.57. The molecule has 1 aliphatic rings. The molecule has 0 aliphatic heterocycles. The van der Waals surface area contributed by atoms with E-state index in [0.717, 1.165) is 0 Å². The molecule has 0 unspecified atom stereocenters. The zero-order chi connectivity index (χ0) is 6.91. The highest BCUT2D eigenvalue weighted by Crippen LogP contribution is 2.38. The van der Waals surface area contributed by atoms with E-state index in [1.165, 1.54) is 25.7 Å². The van der Waals surface area contributed by atoms with Crippen LogP contribution in [0.15, 0.2) is 0 Å². The molecule has 0 heteroatoms. The fourth-order valence-corrected chi connectivity index (χ4v) is 1.86. The van der Waals surface area contributed by atoms with E-state index >= 15 is 0 Å². The van der Waals surface area contributed by atoms with Gasteiger partial charge in [-0.05, 0) is 12.8 Å². The first kappa shape index (κ1) is 6.98. The van der Waals surface area contributed by atoms with Crippen molar-refractivity contribution in [2.24, 2.45) is 5.41 Å². The molecule has 0 nitrogen and oxygen atoms in total. The van der Waals surface area contributed by atoms with Crippen molar-refractivity contribution in [3.63, 3.8) is 0 Å². The van der Waals surface area contributed by atoms with Gasteiger partial charge in [0.1, 0.15) is 0 Å². The zero-order valence-electron chi connectivity index (χ0n) is 6.83. The molecule has 9 heavy (non-hydrogen) atoms. The molecule has 0 radical (unpaired) electrons. The first-order valence-electron chi connectivity index (χ1n) is 3.91. The minimum absolute atomic E-state index is 0.613. The first-order valence-corrected chi connectivity index (χ1v) is 3.91. The summed E-state index contributed by atoms with van der Waals surface area (Å²) in [6, 6.07) is 0. The monoisotopic (exact) mass is 125 g/mol. The van der Waals surface area contributed by atoms with Gasteiger partial charge in [0.15, 0.2) is 0 Å². The molecule has 0 N–H and O–H groups in total. The Morgan fingerprint density at radius 1 is 1.33 bits per heavy atom. The molecule has 1 saturated carbocycles. The summed E-state index contributed by atoms with van der Waals surface area (Å²) in [7, 11) is 0. The second-order valence-electron chi connectivity index (χ2n) is 4.15. The molecule has 0 aromatic rings. The van der Waals surface area contributed by atoms with Crippen molar-refractivity contribution in [3.8, 4) is 0 Å². The van der Waals surface area contributed by atoms with Crippen LogP contribution in [0.4, 0.5) is 0 Å². The molecule has 1 aliphatic carbocycles. The predicted octanol–water partition coefficient (Wildman–Crippen LogP) is 3.18. The average molecular weight is 125 g/mol. The van der Waals surface area contributed by atoms with Crippen LogP contribution in [-0.2, 0) is 0 Å². The smallest absolute Gasteiger partial charge is 0.0558 e. The minimum atomic E-state index is 0.613. The van der Waals surface area contributed by atoms with Crippen LogP contribution in [0.2, 0.25) is 0 Å². The van der Waals surface area contributed by atoms with Crippen LogP contribution in [0.1, 0.15) is 46.5 Å². The third kappa shape index (κ3) is 1.92. The van der Waals surface area contributed by atoms with Crippen LogP contribution in [0.5, 0.6) is 0 Å². The Hall–Kier alpha value is -0.130. The fraction of sp³-hybridized carbons (Fsp3) is 0.889. The highest BCUT2D eigenvalue weighted by Gasteiger charge is 2.32. The Morgan fingerprint density at radius 3 is 2.33 bits per heavy atom.